The van der Waals surface area contributed by atoms with E-state index >= 15 is 0 Å². The molecule has 2 N–H and O–H groups in total. The van der Waals surface area contributed by atoms with Crippen LogP contribution in [0.3, 0.4) is 0 Å². The third-order valence-electron chi connectivity index (χ3n) is 5.93. The van der Waals surface area contributed by atoms with E-state index in [0.29, 0.717) is 19.8 Å². The number of hydrogen-bond acceptors (Lipinski definition) is 5. The van der Waals surface area contributed by atoms with Crippen LogP contribution in [0.15, 0.2) is 54.7 Å². The number of amides is 1. The molecule has 6 nitrogen and oxygen atoms in total. The molecule has 1 atom stereocenters. The lowest BCUT2D eigenvalue weighted by atomic mass is 10.0. The van der Waals surface area contributed by atoms with Crippen molar-refractivity contribution in [1.82, 2.24) is 15.2 Å². The Labute approximate surface area is 191 Å². The Bertz CT molecular complexity index is 1230. The summed E-state index contributed by atoms with van der Waals surface area (Å²) < 4.78 is 12.4. The van der Waals surface area contributed by atoms with Gasteiger partial charge in [0.1, 0.15) is 0 Å². The standard InChI is InChI=1S/C25H27N3O3S/c1-30-12-10-27-25(29)24-23(19-4-2-3-5-22(19)32-24)21-16-28(11-13-31-21)15-17-6-7-20-18(14-17)8-9-26-20/h2-9,14,21,26H,10-13,15-16H2,1H3,(H,27,29)/t21-/m0/s1. The van der Waals surface area contributed by atoms with E-state index in [1.165, 1.54) is 22.3 Å². The first-order valence-corrected chi connectivity index (χ1v) is 11.7. The molecule has 0 spiro atoms. The molecule has 32 heavy (non-hydrogen) atoms. The van der Waals surface area contributed by atoms with Crippen molar-refractivity contribution < 1.29 is 14.3 Å². The Balaban J connectivity index is 1.39. The van der Waals surface area contributed by atoms with E-state index in [1.807, 2.05) is 18.3 Å². The molecular formula is C25H27N3O3S. The maximum absolute atomic E-state index is 13.0. The monoisotopic (exact) mass is 449 g/mol. The second-order valence-electron chi connectivity index (χ2n) is 8.08. The summed E-state index contributed by atoms with van der Waals surface area (Å²) in [5.41, 5.74) is 3.44. The van der Waals surface area contributed by atoms with Crippen LogP contribution in [0.4, 0.5) is 0 Å². The molecule has 1 amide bonds. The second-order valence-corrected chi connectivity index (χ2v) is 9.14. The minimum Gasteiger partial charge on any atom is -0.383 e. The van der Waals surface area contributed by atoms with E-state index in [9.17, 15) is 4.79 Å². The van der Waals surface area contributed by atoms with Gasteiger partial charge in [0.2, 0.25) is 0 Å². The number of H-pyrrole nitrogens is 1. The Morgan fingerprint density at radius 1 is 1.28 bits per heavy atom. The zero-order chi connectivity index (χ0) is 21.9. The van der Waals surface area contributed by atoms with E-state index in [-0.39, 0.29) is 12.0 Å². The zero-order valence-electron chi connectivity index (χ0n) is 18.1. The highest BCUT2D eigenvalue weighted by atomic mass is 32.1. The fourth-order valence-electron chi connectivity index (χ4n) is 4.38. The molecule has 3 heterocycles. The minimum atomic E-state index is -0.140. The average Bonchev–Trinajstić information content (AvgIpc) is 3.43. The van der Waals surface area contributed by atoms with E-state index in [2.05, 4.69) is 51.6 Å². The maximum atomic E-state index is 13.0. The normalized spacial score (nSPS) is 17.2. The van der Waals surface area contributed by atoms with Gasteiger partial charge in [-0.05, 0) is 40.6 Å². The molecule has 2 aromatic carbocycles. The van der Waals surface area contributed by atoms with Gasteiger partial charge in [0, 0.05) is 55.3 Å². The molecule has 0 bridgehead atoms. The highest BCUT2D eigenvalue weighted by molar-refractivity contribution is 7.21. The van der Waals surface area contributed by atoms with Crippen molar-refractivity contribution >= 4 is 38.2 Å². The van der Waals surface area contributed by atoms with Crippen LogP contribution in [-0.2, 0) is 16.0 Å². The summed E-state index contributed by atoms with van der Waals surface area (Å²) in [4.78, 5) is 19.4. The van der Waals surface area contributed by atoms with Crippen LogP contribution in [0.25, 0.3) is 21.0 Å². The number of aromatic amines is 1. The number of nitrogens with zero attached hydrogens (tertiary/aromatic N) is 1. The van der Waals surface area contributed by atoms with Crippen LogP contribution in [0, 0.1) is 0 Å². The van der Waals surface area contributed by atoms with Gasteiger partial charge in [-0.2, -0.15) is 0 Å². The summed E-state index contributed by atoms with van der Waals surface area (Å²) in [6.07, 6.45) is 1.83. The highest BCUT2D eigenvalue weighted by Crippen LogP contribution is 2.38. The predicted molar refractivity (Wildman–Crippen MR) is 128 cm³/mol. The number of carbonyl (C=O) groups is 1. The summed E-state index contributed by atoms with van der Waals surface area (Å²) in [6.45, 7) is 4.11. The zero-order valence-corrected chi connectivity index (χ0v) is 18.9. The third kappa shape index (κ3) is 4.29. The molecule has 1 fully saturated rings. The number of morpholine rings is 1. The molecule has 0 unspecified atom stereocenters. The van der Waals surface area contributed by atoms with Gasteiger partial charge in [-0.3, -0.25) is 9.69 Å². The number of carbonyl (C=O) groups excluding carboxylic acids is 1. The largest absolute Gasteiger partial charge is 0.383 e. The van der Waals surface area contributed by atoms with Gasteiger partial charge in [0.25, 0.3) is 5.91 Å². The predicted octanol–water partition coefficient (Wildman–Crippen LogP) is 4.33. The third-order valence-corrected chi connectivity index (χ3v) is 7.11. The molecule has 166 valence electrons. The molecular weight excluding hydrogens is 422 g/mol. The molecule has 2 aromatic heterocycles. The summed E-state index contributed by atoms with van der Waals surface area (Å²) in [6, 6.07) is 16.9. The Morgan fingerprint density at radius 2 is 2.19 bits per heavy atom. The smallest absolute Gasteiger partial charge is 0.261 e. The fraction of sp³-hybridized carbons (Fsp3) is 0.320. The molecule has 0 aliphatic carbocycles. The quantitative estimate of drug-likeness (QED) is 0.412. The minimum absolute atomic E-state index is 0.0584. The molecule has 1 saturated heterocycles. The van der Waals surface area contributed by atoms with Crippen molar-refractivity contribution in [2.75, 3.05) is 40.0 Å². The van der Waals surface area contributed by atoms with Gasteiger partial charge in [-0.25, -0.2) is 0 Å². The Hall–Kier alpha value is -2.71. The number of rotatable bonds is 7. The van der Waals surface area contributed by atoms with E-state index < -0.39 is 0 Å². The van der Waals surface area contributed by atoms with Gasteiger partial charge < -0.3 is 19.8 Å². The topological polar surface area (TPSA) is 66.6 Å². The van der Waals surface area contributed by atoms with Crippen molar-refractivity contribution in [2.24, 2.45) is 0 Å². The van der Waals surface area contributed by atoms with Gasteiger partial charge in [-0.1, -0.05) is 24.3 Å². The highest BCUT2D eigenvalue weighted by Gasteiger charge is 2.29. The summed E-state index contributed by atoms with van der Waals surface area (Å²) in [5.74, 6) is -0.0584. The molecule has 1 aliphatic heterocycles. The molecule has 1 aliphatic rings. The number of fused-ring (bicyclic) bond motifs is 2. The first-order chi connectivity index (χ1) is 15.7. The number of thiophene rings is 1. The molecule has 0 saturated carbocycles. The molecule has 0 radical (unpaired) electrons. The van der Waals surface area contributed by atoms with Crippen LogP contribution in [0.5, 0.6) is 0 Å². The summed E-state index contributed by atoms with van der Waals surface area (Å²) in [7, 11) is 1.63. The van der Waals surface area contributed by atoms with Crippen LogP contribution in [0.2, 0.25) is 0 Å². The van der Waals surface area contributed by atoms with Crippen LogP contribution in [-0.4, -0.2) is 55.7 Å². The van der Waals surface area contributed by atoms with Crippen molar-refractivity contribution in [3.63, 3.8) is 0 Å². The van der Waals surface area contributed by atoms with Crippen molar-refractivity contribution in [1.29, 1.82) is 0 Å². The second kappa shape index (κ2) is 9.42. The first kappa shape index (κ1) is 21.2. The van der Waals surface area contributed by atoms with E-state index in [4.69, 9.17) is 9.47 Å². The number of aromatic nitrogens is 1. The van der Waals surface area contributed by atoms with Crippen molar-refractivity contribution in [2.45, 2.75) is 12.6 Å². The van der Waals surface area contributed by atoms with Crippen LogP contribution in [0.1, 0.15) is 26.9 Å². The lowest BCUT2D eigenvalue weighted by Gasteiger charge is -2.33. The molecule has 4 aromatic rings. The fourth-order valence-corrected chi connectivity index (χ4v) is 5.55. The number of methoxy groups -OCH3 is 1. The van der Waals surface area contributed by atoms with Crippen molar-refractivity contribution in [3.8, 4) is 0 Å². The van der Waals surface area contributed by atoms with Gasteiger partial charge in [0.15, 0.2) is 0 Å². The summed E-state index contributed by atoms with van der Waals surface area (Å²) in [5, 5.41) is 5.31. The lowest BCUT2D eigenvalue weighted by molar-refractivity contribution is -0.0323. The van der Waals surface area contributed by atoms with Gasteiger partial charge in [0.05, 0.1) is 24.2 Å². The number of benzene rings is 2. The SMILES string of the molecule is COCCNC(=O)c1sc2ccccc2c1[C@@H]1CN(Cc2ccc3[nH]ccc3c2)CCO1. The molecule has 5 rings (SSSR count). The Morgan fingerprint density at radius 3 is 3.09 bits per heavy atom. The number of hydrogen-bond donors (Lipinski definition) is 2. The van der Waals surface area contributed by atoms with Gasteiger partial charge in [-0.15, -0.1) is 11.3 Å². The van der Waals surface area contributed by atoms with Crippen LogP contribution >= 0.6 is 11.3 Å². The number of ether oxygens (including phenoxy) is 2. The van der Waals surface area contributed by atoms with Crippen LogP contribution < -0.4 is 5.32 Å². The van der Waals surface area contributed by atoms with E-state index in [0.717, 1.165) is 45.7 Å². The molecule has 7 heteroatoms. The number of nitrogens with one attached hydrogen (secondary N) is 2. The Kier molecular flexibility index (Phi) is 6.23. The van der Waals surface area contributed by atoms with Gasteiger partial charge >= 0.3 is 0 Å². The first-order valence-electron chi connectivity index (χ1n) is 10.9. The van der Waals surface area contributed by atoms with E-state index in [1.54, 1.807) is 7.11 Å². The summed E-state index contributed by atoms with van der Waals surface area (Å²) >= 11 is 1.54. The lowest BCUT2D eigenvalue weighted by Crippen LogP contribution is -2.38. The van der Waals surface area contributed by atoms with Crippen molar-refractivity contribution in [3.05, 3.63) is 70.7 Å². The maximum Gasteiger partial charge on any atom is 0.261 e. The average molecular weight is 450 g/mol.